The van der Waals surface area contributed by atoms with E-state index in [-0.39, 0.29) is 53.7 Å². The van der Waals surface area contributed by atoms with Crippen LogP contribution in [0.3, 0.4) is 0 Å². The Bertz CT molecular complexity index is 1830. The number of benzene rings is 1. The summed E-state index contributed by atoms with van der Waals surface area (Å²) >= 11 is 0. The van der Waals surface area contributed by atoms with Crippen molar-refractivity contribution in [3.05, 3.63) is 77.1 Å². The molecule has 1 N–H and O–H groups in total. The Morgan fingerprint density at radius 1 is 1.07 bits per heavy atom. The van der Waals surface area contributed by atoms with Crippen LogP contribution < -0.4 is 10.2 Å². The molecule has 2 aliphatic heterocycles. The molecule has 0 radical (unpaired) electrons. The second-order valence-corrected chi connectivity index (χ2v) is 13.1. The molecule has 3 aromatic heterocycles. The van der Waals surface area contributed by atoms with Crippen molar-refractivity contribution >= 4 is 32.5 Å². The molecule has 13 heteroatoms. The number of nitrogens with one attached hydrogen (secondary N) is 1. The predicted molar refractivity (Wildman–Crippen MR) is 159 cm³/mol. The number of morpholine rings is 1. The van der Waals surface area contributed by atoms with Gasteiger partial charge in [-0.25, -0.2) is 27.2 Å². The van der Waals surface area contributed by atoms with Gasteiger partial charge < -0.3 is 19.7 Å². The molecular formula is C31H31F2N5O5S. The molecule has 0 spiro atoms. The van der Waals surface area contributed by atoms with Crippen LogP contribution in [0.1, 0.15) is 47.5 Å². The Balaban J connectivity index is 1.22. The molecule has 230 valence electrons. The highest BCUT2D eigenvalue weighted by Crippen LogP contribution is 2.32. The summed E-state index contributed by atoms with van der Waals surface area (Å²) in [5, 5.41) is 3.45. The average molecular weight is 624 g/mol. The van der Waals surface area contributed by atoms with E-state index in [0.717, 1.165) is 36.4 Å². The maximum Gasteiger partial charge on any atom is 0.264 e. The molecule has 0 aliphatic carbocycles. The monoisotopic (exact) mass is 623 g/mol. The Morgan fingerprint density at radius 3 is 2.61 bits per heavy atom. The van der Waals surface area contributed by atoms with Crippen molar-refractivity contribution in [1.29, 1.82) is 0 Å². The molecule has 4 aromatic rings. The Labute approximate surface area is 253 Å². The van der Waals surface area contributed by atoms with Gasteiger partial charge in [-0.05, 0) is 56.3 Å². The third kappa shape index (κ3) is 6.26. The molecule has 0 saturated carbocycles. The Morgan fingerprint density at radius 2 is 1.84 bits per heavy atom. The number of pyridine rings is 3. The lowest BCUT2D eigenvalue weighted by Crippen LogP contribution is -2.45. The molecule has 2 atom stereocenters. The minimum atomic E-state index is -3.90. The number of aromatic nitrogens is 3. The number of rotatable bonds is 6. The number of alkyl halides is 2. The van der Waals surface area contributed by atoms with Crippen molar-refractivity contribution < 1.29 is 31.5 Å². The standard InChI is InChI=1S/C31H31F2N5O5S/c1-18-15-38(16-19(2)43-18)29-5-3-4-25(37-29)26-7-6-20-13-34-22(12-27(20)36-26)14-35-31(39)21-10-23(30(32)33)24-17-42-8-9-44(40,41)28(24)11-21/h3-7,10-13,18-19,30H,8-9,14-17H2,1-2H3,(H,35,39)/t18-,19+. The number of amides is 1. The number of hydrogen-bond donors (Lipinski definition) is 1. The van der Waals surface area contributed by atoms with E-state index in [1.54, 1.807) is 12.3 Å². The molecule has 1 fully saturated rings. The van der Waals surface area contributed by atoms with Crippen LogP contribution in [0.2, 0.25) is 0 Å². The maximum absolute atomic E-state index is 13.9. The summed E-state index contributed by atoms with van der Waals surface area (Å²) in [5.74, 6) is -0.209. The fourth-order valence-electron chi connectivity index (χ4n) is 5.55. The molecular weight excluding hydrogens is 592 g/mol. The molecule has 10 nitrogen and oxygen atoms in total. The Kier molecular flexibility index (Phi) is 8.27. The second-order valence-electron chi connectivity index (χ2n) is 11.0. The van der Waals surface area contributed by atoms with Crippen molar-refractivity contribution in [1.82, 2.24) is 20.3 Å². The summed E-state index contributed by atoms with van der Waals surface area (Å²) in [6, 6.07) is 13.5. The topological polar surface area (TPSA) is 124 Å². The van der Waals surface area contributed by atoms with E-state index in [4.69, 9.17) is 19.4 Å². The lowest BCUT2D eigenvalue weighted by molar-refractivity contribution is -0.00545. The molecule has 44 heavy (non-hydrogen) atoms. The summed E-state index contributed by atoms with van der Waals surface area (Å²) in [6.45, 7) is 5.16. The van der Waals surface area contributed by atoms with Crippen molar-refractivity contribution in [2.45, 2.75) is 50.5 Å². The van der Waals surface area contributed by atoms with Crippen molar-refractivity contribution in [3.8, 4) is 11.4 Å². The number of carbonyl (C=O) groups is 1. The number of carbonyl (C=O) groups excluding carboxylic acids is 1. The van der Waals surface area contributed by atoms with Gasteiger partial charge in [0.15, 0.2) is 9.84 Å². The zero-order valence-electron chi connectivity index (χ0n) is 24.2. The van der Waals surface area contributed by atoms with E-state index in [1.807, 2.05) is 44.2 Å². The van der Waals surface area contributed by atoms with Crippen LogP contribution in [0.15, 0.2) is 59.6 Å². The highest BCUT2D eigenvalue weighted by molar-refractivity contribution is 7.91. The van der Waals surface area contributed by atoms with Crippen LogP contribution in [0.5, 0.6) is 0 Å². The van der Waals surface area contributed by atoms with Gasteiger partial charge in [-0.3, -0.25) is 9.78 Å². The molecule has 0 unspecified atom stereocenters. The van der Waals surface area contributed by atoms with Gasteiger partial charge in [-0.15, -0.1) is 0 Å². The smallest absolute Gasteiger partial charge is 0.264 e. The van der Waals surface area contributed by atoms with Crippen molar-refractivity contribution in [2.24, 2.45) is 0 Å². The molecule has 2 aliphatic rings. The minimum absolute atomic E-state index is 0.0290. The van der Waals surface area contributed by atoms with Gasteiger partial charge in [0.05, 0.1) is 65.2 Å². The first kappa shape index (κ1) is 30.0. The fourth-order valence-corrected chi connectivity index (χ4v) is 6.97. The van der Waals surface area contributed by atoms with Crippen LogP contribution in [0.4, 0.5) is 14.6 Å². The van der Waals surface area contributed by atoms with Gasteiger partial charge in [0.2, 0.25) is 0 Å². The first-order valence-electron chi connectivity index (χ1n) is 14.2. The number of nitrogens with zero attached hydrogens (tertiary/aromatic N) is 4. The first-order chi connectivity index (χ1) is 21.1. The summed E-state index contributed by atoms with van der Waals surface area (Å²) in [4.78, 5) is 29.0. The minimum Gasteiger partial charge on any atom is -0.376 e. The van der Waals surface area contributed by atoms with Crippen molar-refractivity contribution in [3.63, 3.8) is 0 Å². The van der Waals surface area contributed by atoms with E-state index >= 15 is 0 Å². The third-order valence-corrected chi connectivity index (χ3v) is 9.36. The number of sulfone groups is 1. The lowest BCUT2D eigenvalue weighted by atomic mass is 10.0. The van der Waals surface area contributed by atoms with Crippen LogP contribution >= 0.6 is 0 Å². The maximum atomic E-state index is 13.9. The Hall–Kier alpha value is -4.07. The molecule has 0 bridgehead atoms. The van der Waals surface area contributed by atoms with Crippen LogP contribution in [-0.2, 0) is 32.5 Å². The number of hydrogen-bond acceptors (Lipinski definition) is 9. The molecule has 1 amide bonds. The summed E-state index contributed by atoms with van der Waals surface area (Å²) < 4.78 is 64.3. The third-order valence-electron chi connectivity index (χ3n) is 7.62. The highest BCUT2D eigenvalue weighted by atomic mass is 32.2. The van der Waals surface area contributed by atoms with Gasteiger partial charge in [-0.1, -0.05) is 6.07 Å². The molecule has 1 aromatic carbocycles. The lowest BCUT2D eigenvalue weighted by Gasteiger charge is -2.36. The number of anilines is 1. The van der Waals surface area contributed by atoms with E-state index in [9.17, 15) is 22.0 Å². The largest absolute Gasteiger partial charge is 0.376 e. The van der Waals surface area contributed by atoms with Crippen LogP contribution in [0.25, 0.3) is 22.3 Å². The van der Waals surface area contributed by atoms with Crippen LogP contribution in [0, 0.1) is 0 Å². The fraction of sp³-hybridized carbons (Fsp3) is 0.355. The van der Waals surface area contributed by atoms with Gasteiger partial charge in [0.1, 0.15) is 5.82 Å². The summed E-state index contributed by atoms with van der Waals surface area (Å²) in [6.07, 6.45) is -1.15. The molecule has 1 saturated heterocycles. The normalized spacial score (nSPS) is 19.9. The molecule has 6 rings (SSSR count). The van der Waals surface area contributed by atoms with Gasteiger partial charge in [0.25, 0.3) is 12.3 Å². The zero-order chi connectivity index (χ0) is 31.0. The zero-order valence-corrected chi connectivity index (χ0v) is 25.0. The SMILES string of the molecule is C[C@@H]1CN(c2cccc(-c3ccc4cnc(CNC(=O)c5cc(C(F)F)c6c(c5)S(=O)(=O)CCOC6)cc4n3)n2)C[C@H](C)O1. The molecule has 5 heterocycles. The first-order valence-corrected chi connectivity index (χ1v) is 15.9. The number of ether oxygens (including phenoxy) is 2. The van der Waals surface area contributed by atoms with Gasteiger partial charge in [0, 0.05) is 41.4 Å². The van der Waals surface area contributed by atoms with Gasteiger partial charge in [-0.2, -0.15) is 0 Å². The quantitative estimate of drug-likeness (QED) is 0.331. The average Bonchev–Trinajstić information content (AvgIpc) is 3.16. The summed E-state index contributed by atoms with van der Waals surface area (Å²) in [7, 11) is -3.90. The van der Waals surface area contributed by atoms with Gasteiger partial charge >= 0.3 is 0 Å². The number of halogens is 2. The van der Waals surface area contributed by atoms with E-state index < -0.39 is 27.7 Å². The highest BCUT2D eigenvalue weighted by Gasteiger charge is 2.29. The van der Waals surface area contributed by atoms with E-state index in [1.165, 1.54) is 0 Å². The number of fused-ring (bicyclic) bond motifs is 2. The van der Waals surface area contributed by atoms with E-state index in [2.05, 4.69) is 15.2 Å². The second kappa shape index (κ2) is 12.1. The summed E-state index contributed by atoms with van der Waals surface area (Å²) in [5.41, 5.74) is 1.68. The van der Waals surface area contributed by atoms with Crippen molar-refractivity contribution in [2.75, 3.05) is 30.3 Å². The van der Waals surface area contributed by atoms with E-state index in [0.29, 0.717) is 22.6 Å². The van der Waals surface area contributed by atoms with Crippen LogP contribution in [-0.4, -0.2) is 66.9 Å². The predicted octanol–water partition coefficient (Wildman–Crippen LogP) is 4.48.